The molecule has 0 bridgehead atoms. The van der Waals surface area contributed by atoms with Crippen molar-refractivity contribution in [1.82, 2.24) is 19.7 Å². The zero-order chi connectivity index (χ0) is 11.7. The van der Waals surface area contributed by atoms with Crippen molar-refractivity contribution in [3.05, 3.63) is 18.5 Å². The lowest BCUT2D eigenvalue weighted by Gasteiger charge is -2.11. The lowest BCUT2D eigenvalue weighted by molar-refractivity contribution is 0.768. The molecule has 0 fully saturated rings. The van der Waals surface area contributed by atoms with Gasteiger partial charge in [0.05, 0.1) is 11.9 Å². The Morgan fingerprint density at radius 2 is 2.06 bits per heavy atom. The predicted octanol–water partition coefficient (Wildman–Crippen LogP) is 0.525. The van der Waals surface area contributed by atoms with Gasteiger partial charge in [-0.1, -0.05) is 0 Å². The van der Waals surface area contributed by atoms with Crippen LogP contribution in [0.25, 0.3) is 11.3 Å². The molecule has 2 heterocycles. The molecule has 0 aliphatic rings. The van der Waals surface area contributed by atoms with E-state index in [2.05, 4.69) is 15.1 Å². The summed E-state index contributed by atoms with van der Waals surface area (Å²) >= 11 is 0. The van der Waals surface area contributed by atoms with Gasteiger partial charge in [0.1, 0.15) is 5.82 Å². The first-order valence-corrected chi connectivity index (χ1v) is 4.87. The Balaban J connectivity index is 2.49. The molecular formula is C10H14N6. The Kier molecular flexibility index (Phi) is 2.47. The Hall–Kier alpha value is -2.11. The first-order valence-electron chi connectivity index (χ1n) is 4.87. The average molecular weight is 218 g/mol. The molecule has 2 N–H and O–H groups in total. The number of aromatic nitrogens is 4. The van der Waals surface area contributed by atoms with E-state index in [1.54, 1.807) is 16.9 Å². The fourth-order valence-corrected chi connectivity index (χ4v) is 1.35. The van der Waals surface area contributed by atoms with Gasteiger partial charge in [-0.3, -0.25) is 4.68 Å². The highest BCUT2D eigenvalue weighted by molar-refractivity contribution is 5.62. The zero-order valence-corrected chi connectivity index (χ0v) is 9.55. The van der Waals surface area contributed by atoms with E-state index in [0.717, 1.165) is 11.3 Å². The van der Waals surface area contributed by atoms with Crippen LogP contribution >= 0.6 is 0 Å². The maximum absolute atomic E-state index is 5.74. The first kappa shape index (κ1) is 10.4. The number of nitrogens with zero attached hydrogens (tertiary/aromatic N) is 5. The van der Waals surface area contributed by atoms with Crippen LogP contribution in [-0.2, 0) is 7.05 Å². The Morgan fingerprint density at radius 1 is 1.31 bits per heavy atom. The number of aryl methyl sites for hydroxylation is 1. The molecule has 84 valence electrons. The molecule has 0 spiro atoms. The molecule has 0 aliphatic heterocycles. The van der Waals surface area contributed by atoms with Gasteiger partial charge in [0.25, 0.3) is 0 Å². The van der Waals surface area contributed by atoms with Crippen molar-refractivity contribution < 1.29 is 0 Å². The highest BCUT2D eigenvalue weighted by atomic mass is 15.2. The average Bonchev–Trinajstić information content (AvgIpc) is 2.64. The smallest absolute Gasteiger partial charge is 0.227 e. The third kappa shape index (κ3) is 1.95. The van der Waals surface area contributed by atoms with Gasteiger partial charge in [0, 0.05) is 39.0 Å². The number of rotatable bonds is 2. The van der Waals surface area contributed by atoms with Gasteiger partial charge in [-0.15, -0.1) is 0 Å². The van der Waals surface area contributed by atoms with Crippen LogP contribution in [0.15, 0.2) is 18.5 Å². The minimum Gasteiger partial charge on any atom is -0.384 e. The van der Waals surface area contributed by atoms with Crippen molar-refractivity contribution in [2.75, 3.05) is 24.7 Å². The van der Waals surface area contributed by atoms with Crippen LogP contribution in [-0.4, -0.2) is 33.8 Å². The summed E-state index contributed by atoms with van der Waals surface area (Å²) in [5, 5.41) is 4.10. The molecule has 0 unspecified atom stereocenters. The largest absolute Gasteiger partial charge is 0.384 e. The zero-order valence-electron chi connectivity index (χ0n) is 9.55. The third-order valence-electron chi connectivity index (χ3n) is 2.13. The molecule has 0 aliphatic carbocycles. The standard InChI is InChI=1S/C10H14N6/c1-15(2)10-13-8(4-9(11)14-10)7-5-12-16(3)6-7/h4-6H,1-3H3,(H2,11,13,14). The molecule has 0 atom stereocenters. The Labute approximate surface area is 93.7 Å². The number of anilines is 2. The van der Waals surface area contributed by atoms with Crippen molar-refractivity contribution in [3.63, 3.8) is 0 Å². The Bertz CT molecular complexity index is 502. The van der Waals surface area contributed by atoms with Crippen LogP contribution in [0.1, 0.15) is 0 Å². The molecular weight excluding hydrogens is 204 g/mol. The van der Waals surface area contributed by atoms with Gasteiger partial charge in [0.15, 0.2) is 0 Å². The van der Waals surface area contributed by atoms with Gasteiger partial charge in [-0.05, 0) is 0 Å². The van der Waals surface area contributed by atoms with E-state index < -0.39 is 0 Å². The van der Waals surface area contributed by atoms with Gasteiger partial charge < -0.3 is 10.6 Å². The summed E-state index contributed by atoms with van der Waals surface area (Å²) in [5.41, 5.74) is 7.45. The predicted molar refractivity (Wildman–Crippen MR) is 63.0 cm³/mol. The minimum absolute atomic E-state index is 0.456. The topological polar surface area (TPSA) is 72.9 Å². The van der Waals surface area contributed by atoms with Crippen LogP contribution in [0.4, 0.5) is 11.8 Å². The van der Waals surface area contributed by atoms with Crippen molar-refractivity contribution in [1.29, 1.82) is 0 Å². The number of hydrogen-bond acceptors (Lipinski definition) is 5. The van der Waals surface area contributed by atoms with Crippen molar-refractivity contribution in [3.8, 4) is 11.3 Å². The maximum atomic E-state index is 5.74. The fraction of sp³-hybridized carbons (Fsp3) is 0.300. The van der Waals surface area contributed by atoms with E-state index in [-0.39, 0.29) is 0 Å². The summed E-state index contributed by atoms with van der Waals surface area (Å²) in [6.07, 6.45) is 3.64. The van der Waals surface area contributed by atoms with E-state index in [4.69, 9.17) is 5.73 Å². The summed E-state index contributed by atoms with van der Waals surface area (Å²) in [6.45, 7) is 0. The number of nitrogens with two attached hydrogens (primary N) is 1. The summed E-state index contributed by atoms with van der Waals surface area (Å²) in [4.78, 5) is 10.3. The molecule has 16 heavy (non-hydrogen) atoms. The highest BCUT2D eigenvalue weighted by Gasteiger charge is 2.07. The summed E-state index contributed by atoms with van der Waals surface area (Å²) in [7, 11) is 5.62. The van der Waals surface area contributed by atoms with Crippen LogP contribution in [0.2, 0.25) is 0 Å². The van der Waals surface area contributed by atoms with Crippen LogP contribution < -0.4 is 10.6 Å². The molecule has 2 aromatic heterocycles. The van der Waals surface area contributed by atoms with Gasteiger partial charge in [-0.2, -0.15) is 10.1 Å². The quantitative estimate of drug-likeness (QED) is 0.795. The maximum Gasteiger partial charge on any atom is 0.227 e. The minimum atomic E-state index is 0.456. The van der Waals surface area contributed by atoms with Crippen LogP contribution in [0.5, 0.6) is 0 Å². The van der Waals surface area contributed by atoms with Crippen molar-refractivity contribution >= 4 is 11.8 Å². The molecule has 0 saturated carbocycles. The van der Waals surface area contributed by atoms with Crippen molar-refractivity contribution in [2.24, 2.45) is 7.05 Å². The number of hydrogen-bond donors (Lipinski definition) is 1. The third-order valence-corrected chi connectivity index (χ3v) is 2.13. The molecule has 0 saturated heterocycles. The highest BCUT2D eigenvalue weighted by Crippen LogP contribution is 2.20. The molecule has 6 heteroatoms. The molecule has 6 nitrogen and oxygen atoms in total. The molecule has 2 aromatic rings. The first-order chi connectivity index (χ1) is 7.56. The SMILES string of the molecule is CN(C)c1nc(N)cc(-c2cnn(C)c2)n1. The van der Waals surface area contributed by atoms with E-state index in [1.807, 2.05) is 32.2 Å². The summed E-state index contributed by atoms with van der Waals surface area (Å²) < 4.78 is 1.73. The molecule has 0 aromatic carbocycles. The Morgan fingerprint density at radius 3 is 2.62 bits per heavy atom. The normalized spacial score (nSPS) is 10.4. The van der Waals surface area contributed by atoms with Crippen LogP contribution in [0, 0.1) is 0 Å². The molecule has 0 radical (unpaired) electrons. The van der Waals surface area contributed by atoms with E-state index >= 15 is 0 Å². The second kappa shape index (κ2) is 3.80. The summed E-state index contributed by atoms with van der Waals surface area (Å²) in [5.74, 6) is 1.05. The number of nitrogen functional groups attached to an aromatic ring is 1. The van der Waals surface area contributed by atoms with E-state index in [0.29, 0.717) is 11.8 Å². The fourth-order valence-electron chi connectivity index (χ4n) is 1.35. The summed E-state index contributed by atoms with van der Waals surface area (Å²) in [6, 6.07) is 1.74. The van der Waals surface area contributed by atoms with Gasteiger partial charge in [-0.25, -0.2) is 4.98 Å². The van der Waals surface area contributed by atoms with Gasteiger partial charge >= 0.3 is 0 Å². The van der Waals surface area contributed by atoms with E-state index in [9.17, 15) is 0 Å². The second-order valence-electron chi connectivity index (χ2n) is 3.78. The van der Waals surface area contributed by atoms with E-state index in [1.165, 1.54) is 0 Å². The lowest BCUT2D eigenvalue weighted by atomic mass is 10.2. The monoisotopic (exact) mass is 218 g/mol. The van der Waals surface area contributed by atoms with Crippen LogP contribution in [0.3, 0.4) is 0 Å². The molecule has 0 amide bonds. The van der Waals surface area contributed by atoms with Gasteiger partial charge in [0.2, 0.25) is 5.95 Å². The molecule has 2 rings (SSSR count). The second-order valence-corrected chi connectivity index (χ2v) is 3.78. The lowest BCUT2D eigenvalue weighted by Crippen LogP contribution is -2.13. The van der Waals surface area contributed by atoms with Crippen molar-refractivity contribution in [2.45, 2.75) is 0 Å².